The SMILES string of the molecule is COc1cccc(C(=O)n2nc(NCc3ccc(F)cc3)nc2NCc2ccc(F)cc2)c1. The number of nitrogens with zero attached hydrogens (tertiary/aromatic N) is 3. The summed E-state index contributed by atoms with van der Waals surface area (Å²) in [5, 5.41) is 10.4. The van der Waals surface area contributed by atoms with Gasteiger partial charge in [0.2, 0.25) is 11.9 Å². The van der Waals surface area contributed by atoms with Crippen molar-refractivity contribution < 1.29 is 18.3 Å². The fraction of sp³-hybridized carbons (Fsp3) is 0.125. The summed E-state index contributed by atoms with van der Waals surface area (Å²) in [5.74, 6) is -0.0834. The molecule has 4 rings (SSSR count). The van der Waals surface area contributed by atoms with Gasteiger partial charge < -0.3 is 15.4 Å². The van der Waals surface area contributed by atoms with Crippen molar-refractivity contribution in [3.8, 4) is 5.75 Å². The first kappa shape index (κ1) is 21.9. The zero-order valence-corrected chi connectivity index (χ0v) is 17.8. The summed E-state index contributed by atoms with van der Waals surface area (Å²) in [6, 6.07) is 18.7. The number of anilines is 2. The first-order chi connectivity index (χ1) is 16.0. The van der Waals surface area contributed by atoms with Crippen molar-refractivity contribution >= 4 is 17.8 Å². The number of carbonyl (C=O) groups is 1. The Hall–Kier alpha value is -4.27. The lowest BCUT2D eigenvalue weighted by atomic mass is 10.2. The highest BCUT2D eigenvalue weighted by molar-refractivity contribution is 5.97. The van der Waals surface area contributed by atoms with E-state index >= 15 is 0 Å². The molecule has 0 atom stereocenters. The number of rotatable bonds is 8. The summed E-state index contributed by atoms with van der Waals surface area (Å²) in [5.41, 5.74) is 2.00. The average Bonchev–Trinajstić information content (AvgIpc) is 3.26. The fourth-order valence-corrected chi connectivity index (χ4v) is 3.09. The average molecular weight is 449 g/mol. The van der Waals surface area contributed by atoms with Crippen LogP contribution in [0.3, 0.4) is 0 Å². The second-order valence-electron chi connectivity index (χ2n) is 7.17. The summed E-state index contributed by atoms with van der Waals surface area (Å²) in [7, 11) is 1.52. The lowest BCUT2D eigenvalue weighted by molar-refractivity contribution is 0.0947. The number of halogens is 2. The van der Waals surface area contributed by atoms with E-state index in [0.717, 1.165) is 15.8 Å². The van der Waals surface area contributed by atoms with Crippen LogP contribution in [0.5, 0.6) is 5.75 Å². The van der Waals surface area contributed by atoms with Crippen LogP contribution in [0.4, 0.5) is 20.7 Å². The van der Waals surface area contributed by atoms with Gasteiger partial charge in [-0.1, -0.05) is 30.3 Å². The smallest absolute Gasteiger partial charge is 0.281 e. The second-order valence-corrected chi connectivity index (χ2v) is 7.17. The Bertz CT molecular complexity index is 1240. The lowest BCUT2D eigenvalue weighted by Gasteiger charge is -2.08. The molecule has 0 radical (unpaired) electrons. The van der Waals surface area contributed by atoms with E-state index in [1.54, 1.807) is 48.5 Å². The molecule has 0 saturated carbocycles. The van der Waals surface area contributed by atoms with Gasteiger partial charge in [-0.3, -0.25) is 4.79 Å². The van der Waals surface area contributed by atoms with Crippen LogP contribution >= 0.6 is 0 Å². The molecule has 4 aromatic rings. The van der Waals surface area contributed by atoms with Gasteiger partial charge in [0.05, 0.1) is 7.11 Å². The molecule has 7 nitrogen and oxygen atoms in total. The zero-order chi connectivity index (χ0) is 23.2. The van der Waals surface area contributed by atoms with Gasteiger partial charge in [-0.05, 0) is 53.6 Å². The molecule has 0 unspecified atom stereocenters. The summed E-state index contributed by atoms with van der Waals surface area (Å²) < 4.78 is 32.7. The van der Waals surface area contributed by atoms with Gasteiger partial charge in [0.25, 0.3) is 5.91 Å². The number of benzene rings is 3. The zero-order valence-electron chi connectivity index (χ0n) is 17.8. The molecule has 3 aromatic carbocycles. The van der Waals surface area contributed by atoms with E-state index in [4.69, 9.17) is 4.74 Å². The van der Waals surface area contributed by atoms with E-state index in [1.807, 2.05) is 0 Å². The van der Waals surface area contributed by atoms with Crippen LogP contribution in [0.15, 0.2) is 72.8 Å². The fourth-order valence-electron chi connectivity index (χ4n) is 3.09. The highest BCUT2D eigenvalue weighted by Gasteiger charge is 2.18. The van der Waals surface area contributed by atoms with Gasteiger partial charge in [-0.15, -0.1) is 5.10 Å². The van der Waals surface area contributed by atoms with Crippen LogP contribution in [-0.2, 0) is 13.1 Å². The number of methoxy groups -OCH3 is 1. The molecule has 9 heteroatoms. The summed E-state index contributed by atoms with van der Waals surface area (Å²) in [6.45, 7) is 0.650. The van der Waals surface area contributed by atoms with E-state index in [9.17, 15) is 13.6 Å². The van der Waals surface area contributed by atoms with Gasteiger partial charge in [0.1, 0.15) is 17.4 Å². The standard InChI is InChI=1S/C24H21F2N5O2/c1-33-21-4-2-3-18(13-21)22(32)31-24(28-15-17-7-11-20(26)12-8-17)29-23(30-31)27-14-16-5-9-19(25)10-6-16/h2-13H,14-15H2,1H3,(H2,27,28,29,30). The Labute approximate surface area is 189 Å². The van der Waals surface area contributed by atoms with Crippen LogP contribution in [0, 0.1) is 11.6 Å². The van der Waals surface area contributed by atoms with E-state index in [0.29, 0.717) is 24.4 Å². The van der Waals surface area contributed by atoms with Crippen molar-refractivity contribution in [3.05, 3.63) is 101 Å². The van der Waals surface area contributed by atoms with Crippen LogP contribution in [-0.4, -0.2) is 27.8 Å². The monoisotopic (exact) mass is 449 g/mol. The number of hydrogen-bond donors (Lipinski definition) is 2. The van der Waals surface area contributed by atoms with Gasteiger partial charge >= 0.3 is 0 Å². The Kier molecular flexibility index (Phi) is 6.58. The number of carbonyl (C=O) groups excluding carboxylic acids is 1. The maximum atomic E-state index is 13.2. The highest BCUT2D eigenvalue weighted by Crippen LogP contribution is 2.18. The third-order valence-corrected chi connectivity index (χ3v) is 4.84. The Morgan fingerprint density at radius 1 is 0.909 bits per heavy atom. The first-order valence-electron chi connectivity index (χ1n) is 10.1. The van der Waals surface area contributed by atoms with Crippen molar-refractivity contribution in [3.63, 3.8) is 0 Å². The van der Waals surface area contributed by atoms with Crippen molar-refractivity contribution in [1.82, 2.24) is 14.8 Å². The van der Waals surface area contributed by atoms with Gasteiger partial charge in [-0.2, -0.15) is 9.67 Å². The van der Waals surface area contributed by atoms with E-state index < -0.39 is 5.91 Å². The predicted molar refractivity (Wildman–Crippen MR) is 120 cm³/mol. The lowest BCUT2D eigenvalue weighted by Crippen LogP contribution is -2.17. The molecule has 0 bridgehead atoms. The Morgan fingerprint density at radius 3 is 2.12 bits per heavy atom. The first-order valence-corrected chi connectivity index (χ1v) is 10.1. The molecule has 0 aliphatic carbocycles. The second kappa shape index (κ2) is 9.90. The molecule has 0 fully saturated rings. The molecule has 0 aliphatic heterocycles. The molecule has 1 aromatic heterocycles. The molecular formula is C24H21F2N5O2. The third-order valence-electron chi connectivity index (χ3n) is 4.84. The number of ether oxygens (including phenoxy) is 1. The summed E-state index contributed by atoms with van der Waals surface area (Å²) in [4.78, 5) is 17.6. The van der Waals surface area contributed by atoms with Crippen molar-refractivity contribution in [2.45, 2.75) is 13.1 Å². The van der Waals surface area contributed by atoms with Crippen molar-refractivity contribution in [2.24, 2.45) is 0 Å². The van der Waals surface area contributed by atoms with E-state index in [2.05, 4.69) is 20.7 Å². The minimum absolute atomic E-state index is 0.216. The van der Waals surface area contributed by atoms with E-state index in [-0.39, 0.29) is 23.5 Å². The largest absolute Gasteiger partial charge is 0.497 e. The molecule has 2 N–H and O–H groups in total. The molecule has 168 valence electrons. The van der Waals surface area contributed by atoms with E-state index in [1.165, 1.54) is 31.4 Å². The van der Waals surface area contributed by atoms with Crippen molar-refractivity contribution in [1.29, 1.82) is 0 Å². The molecule has 0 saturated heterocycles. The third kappa shape index (κ3) is 5.51. The normalized spacial score (nSPS) is 10.6. The molecule has 1 heterocycles. The van der Waals surface area contributed by atoms with Crippen molar-refractivity contribution in [2.75, 3.05) is 17.7 Å². The number of hydrogen-bond acceptors (Lipinski definition) is 6. The topological polar surface area (TPSA) is 81.1 Å². The minimum atomic E-state index is -0.405. The Morgan fingerprint density at radius 2 is 1.52 bits per heavy atom. The quantitative estimate of drug-likeness (QED) is 0.413. The van der Waals surface area contributed by atoms with Gasteiger partial charge in [0.15, 0.2) is 0 Å². The van der Waals surface area contributed by atoms with Crippen LogP contribution in [0.2, 0.25) is 0 Å². The maximum Gasteiger partial charge on any atom is 0.281 e. The molecule has 33 heavy (non-hydrogen) atoms. The molecule has 0 aliphatic rings. The maximum absolute atomic E-state index is 13.2. The summed E-state index contributed by atoms with van der Waals surface area (Å²) >= 11 is 0. The van der Waals surface area contributed by atoms with Gasteiger partial charge in [-0.25, -0.2) is 8.78 Å². The van der Waals surface area contributed by atoms with Gasteiger partial charge in [0, 0.05) is 18.7 Å². The molecule has 0 amide bonds. The minimum Gasteiger partial charge on any atom is -0.497 e. The number of nitrogens with one attached hydrogen (secondary N) is 2. The highest BCUT2D eigenvalue weighted by atomic mass is 19.1. The van der Waals surface area contributed by atoms with Crippen LogP contribution in [0.25, 0.3) is 0 Å². The predicted octanol–water partition coefficient (Wildman–Crippen LogP) is 4.48. The van der Waals surface area contributed by atoms with Crippen LogP contribution in [0.1, 0.15) is 21.5 Å². The number of aromatic nitrogens is 3. The Balaban J connectivity index is 1.57. The molecule has 0 spiro atoms. The van der Waals surface area contributed by atoms with Crippen LogP contribution < -0.4 is 15.4 Å². The molecular weight excluding hydrogens is 428 g/mol. The summed E-state index contributed by atoms with van der Waals surface area (Å²) in [6.07, 6.45) is 0.